The van der Waals surface area contributed by atoms with Crippen molar-refractivity contribution in [3.8, 4) is 0 Å². The van der Waals surface area contributed by atoms with E-state index < -0.39 is 0 Å². The fraction of sp³-hybridized carbons (Fsp3) is 0.467. The van der Waals surface area contributed by atoms with Gasteiger partial charge in [-0.05, 0) is 31.2 Å². The maximum Gasteiger partial charge on any atom is 0.269 e. The molecule has 1 aromatic carbocycles. The van der Waals surface area contributed by atoms with Gasteiger partial charge in [0.25, 0.3) is 5.69 Å². The van der Waals surface area contributed by atoms with Crippen molar-refractivity contribution in [2.24, 2.45) is 0 Å². The fourth-order valence-corrected chi connectivity index (χ4v) is 1.97. The van der Waals surface area contributed by atoms with Crippen LogP contribution in [0.5, 0.6) is 0 Å². The van der Waals surface area contributed by atoms with Crippen molar-refractivity contribution in [1.82, 2.24) is 0 Å². The molecule has 3 nitrogen and oxygen atoms in total. The van der Waals surface area contributed by atoms with Gasteiger partial charge >= 0.3 is 0 Å². The van der Waals surface area contributed by atoms with E-state index in [0.717, 1.165) is 24.8 Å². The van der Waals surface area contributed by atoms with Crippen LogP contribution in [-0.2, 0) is 6.42 Å². The van der Waals surface area contributed by atoms with Crippen molar-refractivity contribution in [2.45, 2.75) is 44.9 Å². The predicted octanol–water partition coefficient (Wildman–Crippen LogP) is 4.66. The molecule has 0 atom stereocenters. The average molecular weight is 247 g/mol. The first kappa shape index (κ1) is 14.4. The number of allylic oxidation sites excluding steroid dienone is 1. The first-order chi connectivity index (χ1) is 8.74. The second-order valence-electron chi connectivity index (χ2n) is 4.52. The van der Waals surface area contributed by atoms with E-state index >= 15 is 0 Å². The Balaban J connectivity index is 2.21. The van der Waals surface area contributed by atoms with E-state index in [1.165, 1.54) is 25.7 Å². The molecule has 0 spiro atoms. The number of benzene rings is 1. The summed E-state index contributed by atoms with van der Waals surface area (Å²) in [6.07, 6.45) is 10.0. The van der Waals surface area contributed by atoms with Crippen molar-refractivity contribution >= 4 is 5.69 Å². The molecule has 0 unspecified atom stereocenters. The summed E-state index contributed by atoms with van der Waals surface area (Å²) in [6, 6.07) is 6.94. The van der Waals surface area contributed by atoms with Crippen molar-refractivity contribution in [1.29, 1.82) is 0 Å². The maximum atomic E-state index is 10.6. The summed E-state index contributed by atoms with van der Waals surface area (Å²) in [5.41, 5.74) is 1.26. The zero-order chi connectivity index (χ0) is 13.2. The quantitative estimate of drug-likeness (QED) is 0.275. The zero-order valence-corrected chi connectivity index (χ0v) is 10.8. The van der Waals surface area contributed by atoms with E-state index in [4.69, 9.17) is 0 Å². The van der Waals surface area contributed by atoms with Crippen LogP contribution >= 0.6 is 0 Å². The number of unbranched alkanes of at least 4 members (excludes halogenated alkanes) is 5. The topological polar surface area (TPSA) is 43.1 Å². The molecule has 0 aliphatic carbocycles. The molecule has 0 bridgehead atoms. The maximum absolute atomic E-state index is 10.6. The Morgan fingerprint density at radius 2 is 1.89 bits per heavy atom. The summed E-state index contributed by atoms with van der Waals surface area (Å²) < 4.78 is 0. The zero-order valence-electron chi connectivity index (χ0n) is 10.8. The summed E-state index contributed by atoms with van der Waals surface area (Å²) in [5.74, 6) is 0. The van der Waals surface area contributed by atoms with Crippen LogP contribution in [0, 0.1) is 10.1 Å². The minimum Gasteiger partial charge on any atom is -0.258 e. The van der Waals surface area contributed by atoms with Crippen molar-refractivity contribution < 1.29 is 4.92 Å². The first-order valence-corrected chi connectivity index (χ1v) is 6.58. The van der Waals surface area contributed by atoms with Gasteiger partial charge in [0, 0.05) is 12.1 Å². The molecule has 1 rings (SSSR count). The second-order valence-corrected chi connectivity index (χ2v) is 4.52. The highest BCUT2D eigenvalue weighted by molar-refractivity contribution is 5.34. The third kappa shape index (κ3) is 5.62. The standard InChI is InChI=1S/C15H21NO2/c1-2-3-4-5-6-7-8-10-14-11-9-12-15(13-14)16(17)18/h2,9,11-13H,1,3-8,10H2. The lowest BCUT2D eigenvalue weighted by Gasteiger charge is -2.02. The molecular weight excluding hydrogens is 226 g/mol. The molecular formula is C15H21NO2. The van der Waals surface area contributed by atoms with Crippen LogP contribution in [0.15, 0.2) is 36.9 Å². The van der Waals surface area contributed by atoms with Gasteiger partial charge in [-0.15, -0.1) is 6.58 Å². The molecule has 0 N–H and O–H groups in total. The van der Waals surface area contributed by atoms with Crippen LogP contribution in [0.25, 0.3) is 0 Å². The van der Waals surface area contributed by atoms with Gasteiger partial charge in [0.1, 0.15) is 0 Å². The van der Waals surface area contributed by atoms with E-state index in [-0.39, 0.29) is 10.6 Å². The van der Waals surface area contributed by atoms with Gasteiger partial charge in [-0.1, -0.05) is 37.5 Å². The van der Waals surface area contributed by atoms with Crippen LogP contribution in [0.1, 0.15) is 44.1 Å². The van der Waals surface area contributed by atoms with Crippen LogP contribution in [0.4, 0.5) is 5.69 Å². The molecule has 0 saturated carbocycles. The van der Waals surface area contributed by atoms with Crippen LogP contribution in [0.3, 0.4) is 0 Å². The van der Waals surface area contributed by atoms with E-state index in [9.17, 15) is 10.1 Å². The minimum atomic E-state index is -0.335. The Bertz CT molecular complexity index is 388. The van der Waals surface area contributed by atoms with Crippen LogP contribution in [0.2, 0.25) is 0 Å². The largest absolute Gasteiger partial charge is 0.269 e. The summed E-state index contributed by atoms with van der Waals surface area (Å²) >= 11 is 0. The van der Waals surface area contributed by atoms with E-state index in [1.807, 2.05) is 12.1 Å². The number of nitrogens with zero attached hydrogens (tertiary/aromatic N) is 1. The number of aryl methyl sites for hydroxylation is 1. The lowest BCUT2D eigenvalue weighted by atomic mass is 10.0. The van der Waals surface area contributed by atoms with E-state index in [0.29, 0.717) is 0 Å². The van der Waals surface area contributed by atoms with Crippen LogP contribution < -0.4 is 0 Å². The molecule has 0 radical (unpaired) electrons. The monoisotopic (exact) mass is 247 g/mol. The predicted molar refractivity (Wildman–Crippen MR) is 74.7 cm³/mol. The van der Waals surface area contributed by atoms with Crippen molar-refractivity contribution in [3.05, 3.63) is 52.6 Å². The van der Waals surface area contributed by atoms with Crippen molar-refractivity contribution in [2.75, 3.05) is 0 Å². The number of hydrogen-bond donors (Lipinski definition) is 0. The molecule has 98 valence electrons. The lowest BCUT2D eigenvalue weighted by Crippen LogP contribution is -1.91. The Kier molecular flexibility index (Phi) is 6.77. The Morgan fingerprint density at radius 1 is 1.17 bits per heavy atom. The number of hydrogen-bond acceptors (Lipinski definition) is 2. The third-order valence-electron chi connectivity index (χ3n) is 3.00. The normalized spacial score (nSPS) is 10.2. The first-order valence-electron chi connectivity index (χ1n) is 6.58. The summed E-state index contributed by atoms with van der Waals surface area (Å²) in [5, 5.41) is 10.6. The molecule has 0 amide bonds. The Morgan fingerprint density at radius 3 is 2.61 bits per heavy atom. The molecule has 0 saturated heterocycles. The second kappa shape index (κ2) is 8.45. The molecule has 0 aliphatic heterocycles. The average Bonchev–Trinajstić information content (AvgIpc) is 2.38. The number of nitro benzene ring substituents is 1. The van der Waals surface area contributed by atoms with Gasteiger partial charge in [-0.25, -0.2) is 0 Å². The minimum absolute atomic E-state index is 0.193. The molecule has 18 heavy (non-hydrogen) atoms. The number of nitro groups is 1. The Labute approximate surface area is 109 Å². The Hall–Kier alpha value is -1.64. The summed E-state index contributed by atoms with van der Waals surface area (Å²) in [7, 11) is 0. The van der Waals surface area contributed by atoms with E-state index in [1.54, 1.807) is 18.2 Å². The molecule has 0 fully saturated rings. The highest BCUT2D eigenvalue weighted by Crippen LogP contribution is 2.16. The lowest BCUT2D eigenvalue weighted by molar-refractivity contribution is -0.384. The van der Waals surface area contributed by atoms with Gasteiger partial charge < -0.3 is 0 Å². The number of rotatable bonds is 9. The van der Waals surface area contributed by atoms with Gasteiger partial charge in [-0.3, -0.25) is 10.1 Å². The third-order valence-corrected chi connectivity index (χ3v) is 3.00. The fourth-order valence-electron chi connectivity index (χ4n) is 1.97. The SMILES string of the molecule is C=CCCCCCCCc1cccc([N+](=O)[O-])c1. The number of non-ortho nitro benzene ring substituents is 1. The van der Waals surface area contributed by atoms with Gasteiger partial charge in [0.2, 0.25) is 0 Å². The molecule has 1 aromatic rings. The molecule has 0 aliphatic rings. The summed E-state index contributed by atoms with van der Waals surface area (Å²) in [4.78, 5) is 10.3. The molecule has 3 heteroatoms. The van der Waals surface area contributed by atoms with Crippen molar-refractivity contribution in [3.63, 3.8) is 0 Å². The van der Waals surface area contributed by atoms with E-state index in [2.05, 4.69) is 6.58 Å². The summed E-state index contributed by atoms with van der Waals surface area (Å²) in [6.45, 7) is 3.70. The highest BCUT2D eigenvalue weighted by Gasteiger charge is 2.04. The molecule has 0 aromatic heterocycles. The molecule has 0 heterocycles. The smallest absolute Gasteiger partial charge is 0.258 e. The van der Waals surface area contributed by atoms with Gasteiger partial charge in [0.15, 0.2) is 0 Å². The van der Waals surface area contributed by atoms with Gasteiger partial charge in [0.05, 0.1) is 4.92 Å². The van der Waals surface area contributed by atoms with Gasteiger partial charge in [-0.2, -0.15) is 0 Å². The van der Waals surface area contributed by atoms with Crippen LogP contribution in [-0.4, -0.2) is 4.92 Å². The highest BCUT2D eigenvalue weighted by atomic mass is 16.6.